The number of carbonyl (C=O) groups excluding carboxylic acids is 1. The molecule has 1 aromatic rings. The number of hydrogen-bond acceptors (Lipinski definition) is 3. The lowest BCUT2D eigenvalue weighted by molar-refractivity contribution is -0.128. The number of nitrogens with zero attached hydrogens (tertiary/aromatic N) is 3. The van der Waals surface area contributed by atoms with Crippen molar-refractivity contribution in [2.24, 2.45) is 11.3 Å². The van der Waals surface area contributed by atoms with E-state index in [0.717, 1.165) is 29.9 Å². The number of allylic oxidation sites excluding steroid dienone is 2. The SMILES string of the molecule is [C-]#[N+]C1=C[C@]2(C)c3nc(C(C)(C)C)ncc3CC[C@H]2C(C)(C)C1=O. The summed E-state index contributed by atoms with van der Waals surface area (Å²) in [5.74, 6) is 0.933. The number of ketones is 1. The molecular formula is C20H25N3O. The number of Topliss-reactive ketones (excluding diaryl/α,β-unsaturated/α-hetero) is 1. The molecule has 0 spiro atoms. The lowest BCUT2D eigenvalue weighted by atomic mass is 9.53. The third-order valence-electron chi connectivity index (χ3n) is 5.72. The number of aryl methyl sites for hydroxylation is 1. The molecule has 0 aliphatic heterocycles. The Hall–Kier alpha value is -2.02. The highest BCUT2D eigenvalue weighted by Crippen LogP contribution is 2.54. The standard InChI is InChI=1S/C20H25N3O/c1-18(2,3)17-22-11-12-8-9-14-19(4,5)16(24)13(21-7)10-20(14,6)15(12)23-17/h10-11,14H,8-9H2,1-6H3/t14-,20-/m0/s1. The molecule has 24 heavy (non-hydrogen) atoms. The van der Waals surface area contributed by atoms with Crippen molar-refractivity contribution >= 4 is 5.78 Å². The normalized spacial score (nSPS) is 28.5. The van der Waals surface area contributed by atoms with E-state index < -0.39 is 10.8 Å². The van der Waals surface area contributed by atoms with Crippen LogP contribution in [-0.2, 0) is 22.0 Å². The maximum absolute atomic E-state index is 12.7. The molecule has 0 radical (unpaired) electrons. The topological polar surface area (TPSA) is 47.2 Å². The van der Waals surface area contributed by atoms with Gasteiger partial charge in [0.2, 0.25) is 5.70 Å². The molecule has 126 valence electrons. The lowest BCUT2D eigenvalue weighted by Gasteiger charge is -2.50. The van der Waals surface area contributed by atoms with Crippen LogP contribution in [0.2, 0.25) is 0 Å². The molecular weight excluding hydrogens is 298 g/mol. The fourth-order valence-electron chi connectivity index (χ4n) is 4.38. The summed E-state index contributed by atoms with van der Waals surface area (Å²) < 4.78 is 0. The van der Waals surface area contributed by atoms with Gasteiger partial charge in [0.1, 0.15) is 5.82 Å². The van der Waals surface area contributed by atoms with Gasteiger partial charge >= 0.3 is 0 Å². The Bertz CT molecular complexity index is 792. The molecule has 0 bridgehead atoms. The minimum Gasteiger partial charge on any atom is -0.307 e. The molecule has 0 aromatic carbocycles. The van der Waals surface area contributed by atoms with Crippen LogP contribution in [0.25, 0.3) is 4.85 Å². The number of aromatic nitrogens is 2. The largest absolute Gasteiger partial charge is 0.307 e. The molecule has 1 heterocycles. The van der Waals surface area contributed by atoms with Gasteiger partial charge in [-0.15, -0.1) is 0 Å². The molecule has 0 saturated carbocycles. The predicted molar refractivity (Wildman–Crippen MR) is 93.4 cm³/mol. The minimum atomic E-state index is -0.548. The summed E-state index contributed by atoms with van der Waals surface area (Å²) in [6, 6.07) is 0. The van der Waals surface area contributed by atoms with Crippen molar-refractivity contribution in [1.29, 1.82) is 0 Å². The third kappa shape index (κ3) is 2.22. The first-order chi connectivity index (χ1) is 11.0. The summed E-state index contributed by atoms with van der Waals surface area (Å²) in [7, 11) is 0. The van der Waals surface area contributed by atoms with E-state index in [2.05, 4.69) is 37.5 Å². The van der Waals surface area contributed by atoms with Gasteiger partial charge < -0.3 is 4.79 Å². The highest BCUT2D eigenvalue weighted by Gasteiger charge is 2.54. The average molecular weight is 323 g/mol. The quantitative estimate of drug-likeness (QED) is 0.678. The minimum absolute atomic E-state index is 0.0338. The second kappa shape index (κ2) is 4.99. The first-order valence-corrected chi connectivity index (χ1v) is 8.54. The van der Waals surface area contributed by atoms with E-state index in [4.69, 9.17) is 11.6 Å². The predicted octanol–water partition coefficient (Wildman–Crippen LogP) is 4.01. The van der Waals surface area contributed by atoms with Crippen LogP contribution < -0.4 is 0 Å². The zero-order valence-corrected chi connectivity index (χ0v) is 15.4. The van der Waals surface area contributed by atoms with Crippen LogP contribution in [0.15, 0.2) is 18.0 Å². The summed E-state index contributed by atoms with van der Waals surface area (Å²) in [6.45, 7) is 19.8. The van der Waals surface area contributed by atoms with Crippen LogP contribution in [0.4, 0.5) is 0 Å². The van der Waals surface area contributed by atoms with Crippen molar-refractivity contribution in [2.45, 2.75) is 65.2 Å². The van der Waals surface area contributed by atoms with Gasteiger partial charge in [0, 0.05) is 22.4 Å². The van der Waals surface area contributed by atoms with Crippen LogP contribution in [0, 0.1) is 17.9 Å². The van der Waals surface area contributed by atoms with E-state index in [9.17, 15) is 4.79 Å². The second-order valence-corrected chi connectivity index (χ2v) is 8.88. The van der Waals surface area contributed by atoms with Crippen LogP contribution in [0.3, 0.4) is 0 Å². The molecule has 3 rings (SSSR count). The first-order valence-electron chi connectivity index (χ1n) is 8.54. The number of fused-ring (bicyclic) bond motifs is 3. The maximum Gasteiger partial charge on any atom is 0.226 e. The van der Waals surface area contributed by atoms with Crippen molar-refractivity contribution in [3.8, 4) is 0 Å². The van der Waals surface area contributed by atoms with Crippen LogP contribution in [0.5, 0.6) is 0 Å². The van der Waals surface area contributed by atoms with Crippen LogP contribution >= 0.6 is 0 Å². The summed E-state index contributed by atoms with van der Waals surface area (Å²) in [5.41, 5.74) is 1.32. The number of rotatable bonds is 0. The average Bonchev–Trinajstić information content (AvgIpc) is 2.50. The van der Waals surface area contributed by atoms with Crippen LogP contribution in [0.1, 0.15) is 65.0 Å². The molecule has 2 atom stereocenters. The summed E-state index contributed by atoms with van der Waals surface area (Å²) >= 11 is 0. The zero-order valence-electron chi connectivity index (χ0n) is 15.4. The Morgan fingerprint density at radius 1 is 1.29 bits per heavy atom. The summed E-state index contributed by atoms with van der Waals surface area (Å²) in [6.07, 6.45) is 5.62. The van der Waals surface area contributed by atoms with Gasteiger partial charge in [0.15, 0.2) is 5.78 Å². The van der Waals surface area contributed by atoms with Crippen molar-refractivity contribution in [3.05, 3.63) is 46.5 Å². The Labute approximate surface area is 144 Å². The van der Waals surface area contributed by atoms with Gasteiger partial charge in [-0.1, -0.05) is 47.6 Å². The summed E-state index contributed by atoms with van der Waals surface area (Å²) in [5, 5.41) is 0. The Morgan fingerprint density at radius 3 is 2.54 bits per heavy atom. The first kappa shape index (κ1) is 16.8. The fraction of sp³-hybridized carbons (Fsp3) is 0.600. The van der Waals surface area contributed by atoms with E-state index in [1.54, 1.807) is 0 Å². The molecule has 4 nitrogen and oxygen atoms in total. The van der Waals surface area contributed by atoms with Gasteiger partial charge in [-0.05, 0) is 24.3 Å². The van der Waals surface area contributed by atoms with Gasteiger partial charge in [-0.3, -0.25) is 0 Å². The Morgan fingerprint density at radius 2 is 1.96 bits per heavy atom. The Kier molecular flexibility index (Phi) is 3.50. The van der Waals surface area contributed by atoms with E-state index in [1.807, 2.05) is 26.1 Å². The summed E-state index contributed by atoms with van der Waals surface area (Å²) in [4.78, 5) is 25.7. The van der Waals surface area contributed by atoms with E-state index in [1.165, 1.54) is 0 Å². The third-order valence-corrected chi connectivity index (χ3v) is 5.72. The monoisotopic (exact) mass is 323 g/mol. The second-order valence-electron chi connectivity index (χ2n) is 8.88. The molecule has 2 aliphatic rings. The molecule has 0 unspecified atom stereocenters. The fourth-order valence-corrected chi connectivity index (χ4v) is 4.38. The van der Waals surface area contributed by atoms with Crippen molar-refractivity contribution < 1.29 is 4.79 Å². The van der Waals surface area contributed by atoms with Crippen molar-refractivity contribution in [2.75, 3.05) is 0 Å². The van der Waals surface area contributed by atoms with E-state index >= 15 is 0 Å². The molecule has 0 amide bonds. The molecule has 0 saturated heterocycles. The van der Waals surface area contributed by atoms with Gasteiger partial charge in [-0.25, -0.2) is 14.8 Å². The van der Waals surface area contributed by atoms with Crippen molar-refractivity contribution in [1.82, 2.24) is 9.97 Å². The van der Waals surface area contributed by atoms with Gasteiger partial charge in [-0.2, -0.15) is 0 Å². The highest BCUT2D eigenvalue weighted by molar-refractivity contribution is 6.02. The Balaban J connectivity index is 2.27. The van der Waals surface area contributed by atoms with Gasteiger partial charge in [0.05, 0.1) is 12.3 Å². The highest BCUT2D eigenvalue weighted by atomic mass is 16.1. The van der Waals surface area contributed by atoms with Gasteiger partial charge in [0.25, 0.3) is 0 Å². The van der Waals surface area contributed by atoms with E-state index in [-0.39, 0.29) is 22.8 Å². The zero-order chi connectivity index (χ0) is 17.9. The number of carbonyl (C=O) groups is 1. The number of hydrogen-bond donors (Lipinski definition) is 0. The van der Waals surface area contributed by atoms with Crippen molar-refractivity contribution in [3.63, 3.8) is 0 Å². The molecule has 1 aromatic heterocycles. The van der Waals surface area contributed by atoms with E-state index in [0.29, 0.717) is 0 Å². The molecule has 0 N–H and O–H groups in total. The molecule has 4 heteroatoms. The smallest absolute Gasteiger partial charge is 0.226 e. The maximum atomic E-state index is 12.7. The molecule has 0 fully saturated rings. The lowest BCUT2D eigenvalue weighted by Crippen LogP contribution is -2.51. The molecule has 2 aliphatic carbocycles. The van der Waals surface area contributed by atoms with Crippen LogP contribution in [-0.4, -0.2) is 15.8 Å².